The highest BCUT2D eigenvalue weighted by molar-refractivity contribution is 7.89. The summed E-state index contributed by atoms with van der Waals surface area (Å²) in [7, 11) is -0.210. The summed E-state index contributed by atoms with van der Waals surface area (Å²) < 4.78 is 35.5. The van der Waals surface area contributed by atoms with E-state index in [1.54, 1.807) is 7.05 Å². The number of carbonyl (C=O) groups excluding carboxylic acids is 1. The van der Waals surface area contributed by atoms with Crippen LogP contribution in [-0.4, -0.2) is 49.5 Å². The van der Waals surface area contributed by atoms with Crippen LogP contribution < -0.4 is 4.80 Å². The van der Waals surface area contributed by atoms with E-state index < -0.39 is 15.9 Å². The van der Waals surface area contributed by atoms with Crippen molar-refractivity contribution in [1.29, 1.82) is 0 Å². The number of amides is 1. The summed E-state index contributed by atoms with van der Waals surface area (Å²) in [6.07, 6.45) is 1.75. The SMILES string of the molecule is Cc1cccc2sc(=NC(=O)c3ccc(S(=O)(=O)N(C)CC4CCCO4)cc3)n(C)c12. The van der Waals surface area contributed by atoms with Gasteiger partial charge >= 0.3 is 0 Å². The van der Waals surface area contributed by atoms with Gasteiger partial charge in [-0.15, -0.1) is 0 Å². The molecular weight excluding hydrogens is 434 g/mol. The minimum Gasteiger partial charge on any atom is -0.377 e. The highest BCUT2D eigenvalue weighted by atomic mass is 32.2. The lowest BCUT2D eigenvalue weighted by molar-refractivity contribution is 0.0979. The fourth-order valence-corrected chi connectivity index (χ4v) is 6.08. The molecule has 1 aliphatic rings. The number of likely N-dealkylation sites (N-methyl/N-ethyl adjacent to an activating group) is 1. The molecule has 4 rings (SSSR count). The molecule has 0 saturated carbocycles. The number of nitrogens with zero attached hydrogens (tertiary/aromatic N) is 3. The van der Waals surface area contributed by atoms with Crippen molar-refractivity contribution < 1.29 is 17.9 Å². The highest BCUT2D eigenvalue weighted by Crippen LogP contribution is 2.21. The molecular formula is C22H25N3O4S2. The minimum atomic E-state index is -3.65. The Balaban J connectivity index is 1.56. The molecule has 31 heavy (non-hydrogen) atoms. The van der Waals surface area contributed by atoms with Crippen molar-refractivity contribution in [1.82, 2.24) is 8.87 Å². The zero-order valence-corrected chi connectivity index (χ0v) is 19.4. The van der Waals surface area contributed by atoms with Gasteiger partial charge < -0.3 is 9.30 Å². The lowest BCUT2D eigenvalue weighted by Gasteiger charge is -2.20. The molecule has 1 amide bonds. The Bertz CT molecular complexity index is 1280. The second-order valence-corrected chi connectivity index (χ2v) is 10.8. The van der Waals surface area contributed by atoms with Crippen LogP contribution in [-0.2, 0) is 21.8 Å². The van der Waals surface area contributed by atoms with E-state index in [0.29, 0.717) is 23.5 Å². The second-order valence-electron chi connectivity index (χ2n) is 7.73. The first kappa shape index (κ1) is 21.9. The van der Waals surface area contributed by atoms with E-state index in [4.69, 9.17) is 4.74 Å². The zero-order chi connectivity index (χ0) is 22.2. The first-order chi connectivity index (χ1) is 14.8. The van der Waals surface area contributed by atoms with Crippen molar-refractivity contribution in [3.05, 3.63) is 58.4 Å². The zero-order valence-electron chi connectivity index (χ0n) is 17.7. The van der Waals surface area contributed by atoms with E-state index in [2.05, 4.69) is 4.99 Å². The van der Waals surface area contributed by atoms with Crippen LogP contribution in [0.1, 0.15) is 28.8 Å². The molecule has 0 spiro atoms. The molecule has 0 bridgehead atoms. The van der Waals surface area contributed by atoms with Gasteiger partial charge in [0.25, 0.3) is 5.91 Å². The number of hydrogen-bond acceptors (Lipinski definition) is 5. The predicted octanol–water partition coefficient (Wildman–Crippen LogP) is 3.09. The smallest absolute Gasteiger partial charge is 0.279 e. The Morgan fingerprint density at radius 2 is 2.00 bits per heavy atom. The number of aromatic nitrogens is 1. The maximum atomic E-state index is 12.8. The summed E-state index contributed by atoms with van der Waals surface area (Å²) in [5.74, 6) is -0.406. The molecule has 1 aliphatic heterocycles. The highest BCUT2D eigenvalue weighted by Gasteiger charge is 2.26. The van der Waals surface area contributed by atoms with E-state index in [1.807, 2.05) is 36.7 Å². The second kappa shape index (κ2) is 8.66. The van der Waals surface area contributed by atoms with E-state index in [0.717, 1.165) is 28.6 Å². The number of ether oxygens (including phenoxy) is 1. The number of carbonyl (C=O) groups is 1. The van der Waals surface area contributed by atoms with Crippen LogP contribution in [0.2, 0.25) is 0 Å². The Hall–Kier alpha value is -2.33. The molecule has 1 fully saturated rings. The van der Waals surface area contributed by atoms with Crippen molar-refractivity contribution >= 4 is 37.5 Å². The lowest BCUT2D eigenvalue weighted by atomic mass is 10.2. The van der Waals surface area contributed by atoms with E-state index >= 15 is 0 Å². The molecule has 1 atom stereocenters. The van der Waals surface area contributed by atoms with E-state index in [-0.39, 0.29) is 11.0 Å². The van der Waals surface area contributed by atoms with E-state index in [1.165, 1.54) is 39.9 Å². The molecule has 0 aliphatic carbocycles. The molecule has 1 unspecified atom stereocenters. The average Bonchev–Trinajstić information content (AvgIpc) is 3.36. The van der Waals surface area contributed by atoms with Gasteiger partial charge in [0, 0.05) is 32.8 Å². The van der Waals surface area contributed by atoms with Crippen LogP contribution in [0.3, 0.4) is 0 Å². The molecule has 0 N–H and O–H groups in total. The number of rotatable bonds is 5. The van der Waals surface area contributed by atoms with Gasteiger partial charge in [-0.05, 0) is 55.7 Å². The van der Waals surface area contributed by atoms with Crippen molar-refractivity contribution in [3.63, 3.8) is 0 Å². The number of fused-ring (bicyclic) bond motifs is 1. The number of para-hydroxylation sites is 1. The van der Waals surface area contributed by atoms with Gasteiger partial charge in [0.1, 0.15) is 0 Å². The Morgan fingerprint density at radius 3 is 2.65 bits per heavy atom. The summed E-state index contributed by atoms with van der Waals surface area (Å²) in [5, 5.41) is 0. The Labute approximate surface area is 185 Å². The molecule has 7 nitrogen and oxygen atoms in total. The van der Waals surface area contributed by atoms with Crippen molar-refractivity contribution in [2.75, 3.05) is 20.2 Å². The summed E-state index contributed by atoms with van der Waals surface area (Å²) >= 11 is 1.45. The maximum Gasteiger partial charge on any atom is 0.279 e. The van der Waals surface area contributed by atoms with E-state index in [9.17, 15) is 13.2 Å². The fraction of sp³-hybridized carbons (Fsp3) is 0.364. The number of hydrogen-bond donors (Lipinski definition) is 0. The van der Waals surface area contributed by atoms with Crippen molar-refractivity contribution in [3.8, 4) is 0 Å². The third-order valence-electron chi connectivity index (χ3n) is 5.52. The van der Waals surface area contributed by atoms with Gasteiger partial charge in [0.05, 0.1) is 21.2 Å². The van der Waals surface area contributed by atoms with Gasteiger partial charge in [-0.3, -0.25) is 4.79 Å². The molecule has 0 radical (unpaired) electrons. The number of thiazole rings is 1. The molecule has 9 heteroatoms. The molecule has 164 valence electrons. The number of aryl methyl sites for hydroxylation is 2. The molecule has 1 aromatic heterocycles. The molecule has 2 aromatic carbocycles. The fourth-order valence-electron chi connectivity index (χ4n) is 3.78. The van der Waals surface area contributed by atoms with Crippen LogP contribution in [0, 0.1) is 6.92 Å². The summed E-state index contributed by atoms with van der Waals surface area (Å²) in [6, 6.07) is 11.9. The van der Waals surface area contributed by atoms with Crippen molar-refractivity contribution in [2.24, 2.45) is 12.0 Å². The third kappa shape index (κ3) is 4.36. The topological polar surface area (TPSA) is 81.0 Å². The number of sulfonamides is 1. The predicted molar refractivity (Wildman–Crippen MR) is 121 cm³/mol. The Kier molecular flexibility index (Phi) is 6.11. The average molecular weight is 460 g/mol. The summed E-state index contributed by atoms with van der Waals surface area (Å²) in [6.45, 7) is 3.02. The minimum absolute atomic E-state index is 0.0647. The lowest BCUT2D eigenvalue weighted by Crippen LogP contribution is -2.34. The van der Waals surface area contributed by atoms with Crippen LogP contribution in [0.4, 0.5) is 0 Å². The standard InChI is InChI=1S/C22H25N3O4S2/c1-15-6-4-8-19-20(15)25(3)22(30-19)23-21(26)16-9-11-18(12-10-16)31(27,28)24(2)14-17-7-5-13-29-17/h4,6,8-12,17H,5,7,13-14H2,1-3H3. The van der Waals surface area contributed by atoms with Crippen LogP contribution >= 0.6 is 11.3 Å². The van der Waals surface area contributed by atoms with Gasteiger partial charge in [0.15, 0.2) is 4.80 Å². The van der Waals surface area contributed by atoms with Gasteiger partial charge in [-0.25, -0.2) is 8.42 Å². The van der Waals surface area contributed by atoms with Crippen LogP contribution in [0.25, 0.3) is 10.2 Å². The Morgan fingerprint density at radius 1 is 1.26 bits per heavy atom. The van der Waals surface area contributed by atoms with Crippen LogP contribution in [0.5, 0.6) is 0 Å². The summed E-state index contributed by atoms with van der Waals surface area (Å²) in [4.78, 5) is 17.7. The van der Waals surface area contributed by atoms with Gasteiger partial charge in [0.2, 0.25) is 10.0 Å². The van der Waals surface area contributed by atoms with Gasteiger partial charge in [-0.2, -0.15) is 9.30 Å². The monoisotopic (exact) mass is 459 g/mol. The third-order valence-corrected chi connectivity index (χ3v) is 8.45. The summed E-state index contributed by atoms with van der Waals surface area (Å²) in [5.41, 5.74) is 2.51. The number of benzene rings is 2. The van der Waals surface area contributed by atoms with Crippen molar-refractivity contribution in [2.45, 2.75) is 30.8 Å². The first-order valence-electron chi connectivity index (χ1n) is 10.1. The molecule has 2 heterocycles. The first-order valence-corrected chi connectivity index (χ1v) is 12.4. The quantitative estimate of drug-likeness (QED) is 0.587. The normalized spacial score (nSPS) is 17.7. The largest absolute Gasteiger partial charge is 0.377 e. The van der Waals surface area contributed by atoms with Crippen LogP contribution in [0.15, 0.2) is 52.4 Å². The molecule has 3 aromatic rings. The molecule has 1 saturated heterocycles. The maximum absolute atomic E-state index is 12.8. The van der Waals surface area contributed by atoms with Gasteiger partial charge in [-0.1, -0.05) is 23.5 Å².